The molecule has 0 saturated carbocycles. The molecule has 138 valence electrons. The topological polar surface area (TPSA) is 71.1 Å². The predicted octanol–water partition coefficient (Wildman–Crippen LogP) is 3.41. The molecular formula is C21H27N3O2. The summed E-state index contributed by atoms with van der Waals surface area (Å²) in [5.41, 5.74) is 2.26. The number of pyridine rings is 1. The van der Waals surface area contributed by atoms with Crippen molar-refractivity contribution in [2.75, 3.05) is 0 Å². The molecule has 0 bridgehead atoms. The molecule has 0 spiro atoms. The van der Waals surface area contributed by atoms with Crippen LogP contribution in [-0.4, -0.2) is 22.8 Å². The lowest BCUT2D eigenvalue weighted by Crippen LogP contribution is -2.48. The minimum Gasteiger partial charge on any atom is -0.346 e. The van der Waals surface area contributed by atoms with Crippen LogP contribution in [0.25, 0.3) is 0 Å². The summed E-state index contributed by atoms with van der Waals surface area (Å²) in [7, 11) is 0. The maximum Gasteiger partial charge on any atom is 0.252 e. The van der Waals surface area contributed by atoms with Crippen LogP contribution in [0.3, 0.4) is 0 Å². The predicted molar refractivity (Wildman–Crippen MR) is 103 cm³/mol. The fraction of sp³-hybridized carbons (Fsp3) is 0.381. The molecule has 2 unspecified atom stereocenters. The van der Waals surface area contributed by atoms with Crippen LogP contribution in [0.5, 0.6) is 0 Å². The highest BCUT2D eigenvalue weighted by atomic mass is 16.2. The molecule has 0 fully saturated rings. The van der Waals surface area contributed by atoms with Gasteiger partial charge in [-0.3, -0.25) is 14.6 Å². The largest absolute Gasteiger partial charge is 0.346 e. The summed E-state index contributed by atoms with van der Waals surface area (Å²) >= 11 is 0. The Balaban J connectivity index is 2.09. The first-order chi connectivity index (χ1) is 12.4. The Bertz CT molecular complexity index is 744. The van der Waals surface area contributed by atoms with E-state index >= 15 is 0 Å². The second-order valence-corrected chi connectivity index (χ2v) is 6.96. The molecule has 1 aromatic carbocycles. The van der Waals surface area contributed by atoms with Crippen molar-refractivity contribution in [2.45, 2.75) is 46.2 Å². The number of carbonyl (C=O) groups excluding carboxylic acids is 2. The summed E-state index contributed by atoms with van der Waals surface area (Å²) in [5, 5.41) is 5.85. The van der Waals surface area contributed by atoms with Crippen LogP contribution in [0, 0.1) is 12.8 Å². The summed E-state index contributed by atoms with van der Waals surface area (Å²) in [4.78, 5) is 29.6. The van der Waals surface area contributed by atoms with Crippen LogP contribution in [-0.2, 0) is 4.79 Å². The van der Waals surface area contributed by atoms with Crippen molar-refractivity contribution in [1.82, 2.24) is 15.6 Å². The van der Waals surface area contributed by atoms with Crippen LogP contribution in [0.2, 0.25) is 0 Å². The van der Waals surface area contributed by atoms with Gasteiger partial charge in [-0.05, 0) is 49.9 Å². The van der Waals surface area contributed by atoms with Crippen LogP contribution in [0.1, 0.15) is 54.8 Å². The Kier molecular flexibility index (Phi) is 6.89. The average Bonchev–Trinajstić information content (AvgIpc) is 2.61. The Labute approximate surface area is 155 Å². The van der Waals surface area contributed by atoms with Gasteiger partial charge in [0.15, 0.2) is 0 Å². The zero-order chi connectivity index (χ0) is 19.1. The Hall–Kier alpha value is -2.69. The average molecular weight is 353 g/mol. The second-order valence-electron chi connectivity index (χ2n) is 6.96. The summed E-state index contributed by atoms with van der Waals surface area (Å²) in [6.45, 7) is 7.83. The minimum absolute atomic E-state index is 0.196. The number of amides is 2. The van der Waals surface area contributed by atoms with E-state index in [0.29, 0.717) is 12.0 Å². The molecule has 2 atom stereocenters. The second kappa shape index (κ2) is 9.13. The number of benzene rings is 1. The van der Waals surface area contributed by atoms with Crippen molar-refractivity contribution >= 4 is 11.8 Å². The van der Waals surface area contributed by atoms with Gasteiger partial charge in [0.1, 0.15) is 6.04 Å². The van der Waals surface area contributed by atoms with E-state index in [0.717, 1.165) is 11.3 Å². The molecule has 26 heavy (non-hydrogen) atoms. The van der Waals surface area contributed by atoms with Gasteiger partial charge >= 0.3 is 0 Å². The summed E-state index contributed by atoms with van der Waals surface area (Å²) in [5.74, 6) is -0.152. The molecule has 0 aliphatic carbocycles. The molecule has 1 heterocycles. The van der Waals surface area contributed by atoms with Gasteiger partial charge in [0.25, 0.3) is 5.91 Å². The van der Waals surface area contributed by atoms with Gasteiger partial charge in [0.2, 0.25) is 5.91 Å². The van der Waals surface area contributed by atoms with Crippen molar-refractivity contribution in [3.63, 3.8) is 0 Å². The molecule has 5 heteroatoms. The molecule has 2 amide bonds. The third-order valence-corrected chi connectivity index (χ3v) is 4.21. The molecule has 0 aliphatic rings. The van der Waals surface area contributed by atoms with Crippen molar-refractivity contribution in [1.29, 1.82) is 0 Å². The van der Waals surface area contributed by atoms with E-state index in [1.54, 1.807) is 12.3 Å². The molecule has 2 N–H and O–H groups in total. The normalized spacial score (nSPS) is 13.1. The van der Waals surface area contributed by atoms with Gasteiger partial charge in [0.05, 0.1) is 11.7 Å². The first-order valence-corrected chi connectivity index (χ1v) is 8.96. The number of hydrogen-bond acceptors (Lipinski definition) is 3. The standard InChI is InChI=1S/C21H27N3O2/c1-14(2)13-19(24-20(25)17-10-6-5-9-15(17)3)21(26)23-16(4)18-11-7-8-12-22-18/h5-12,14,16,19H,13H2,1-4H3,(H,23,26)(H,24,25). The molecule has 0 saturated heterocycles. The number of nitrogens with zero attached hydrogens (tertiary/aromatic N) is 1. The molecule has 5 nitrogen and oxygen atoms in total. The lowest BCUT2D eigenvalue weighted by molar-refractivity contribution is -0.124. The van der Waals surface area contributed by atoms with Crippen LogP contribution in [0.15, 0.2) is 48.7 Å². The van der Waals surface area contributed by atoms with E-state index in [2.05, 4.69) is 15.6 Å². The van der Waals surface area contributed by atoms with Gasteiger partial charge in [-0.1, -0.05) is 38.1 Å². The first-order valence-electron chi connectivity index (χ1n) is 8.96. The lowest BCUT2D eigenvalue weighted by Gasteiger charge is -2.23. The Morgan fingerprint density at radius 3 is 2.31 bits per heavy atom. The Morgan fingerprint density at radius 1 is 1.00 bits per heavy atom. The number of carbonyl (C=O) groups is 2. The molecule has 0 radical (unpaired) electrons. The Morgan fingerprint density at radius 2 is 1.69 bits per heavy atom. The zero-order valence-corrected chi connectivity index (χ0v) is 15.8. The quantitative estimate of drug-likeness (QED) is 0.801. The number of aryl methyl sites for hydroxylation is 1. The SMILES string of the molecule is Cc1ccccc1C(=O)NC(CC(C)C)C(=O)NC(C)c1ccccn1. The molecule has 0 aliphatic heterocycles. The maximum absolute atomic E-state index is 12.8. The van der Waals surface area contributed by atoms with E-state index in [1.807, 2.05) is 64.1 Å². The zero-order valence-electron chi connectivity index (χ0n) is 15.8. The number of hydrogen-bond donors (Lipinski definition) is 2. The molecular weight excluding hydrogens is 326 g/mol. The highest BCUT2D eigenvalue weighted by molar-refractivity contribution is 5.98. The van der Waals surface area contributed by atoms with Gasteiger partial charge < -0.3 is 10.6 Å². The maximum atomic E-state index is 12.8. The van der Waals surface area contributed by atoms with Gasteiger partial charge in [-0.15, -0.1) is 0 Å². The van der Waals surface area contributed by atoms with E-state index < -0.39 is 6.04 Å². The van der Waals surface area contributed by atoms with Crippen LogP contribution >= 0.6 is 0 Å². The highest BCUT2D eigenvalue weighted by Gasteiger charge is 2.24. The van der Waals surface area contributed by atoms with Crippen molar-refractivity contribution in [3.8, 4) is 0 Å². The minimum atomic E-state index is -0.590. The van der Waals surface area contributed by atoms with Crippen LogP contribution in [0.4, 0.5) is 0 Å². The van der Waals surface area contributed by atoms with Crippen molar-refractivity contribution in [3.05, 3.63) is 65.5 Å². The fourth-order valence-electron chi connectivity index (χ4n) is 2.79. The van der Waals surface area contributed by atoms with E-state index in [-0.39, 0.29) is 23.8 Å². The number of rotatable bonds is 7. The number of aromatic nitrogens is 1. The third kappa shape index (κ3) is 5.41. The van der Waals surface area contributed by atoms with Crippen molar-refractivity contribution in [2.24, 2.45) is 5.92 Å². The van der Waals surface area contributed by atoms with Gasteiger partial charge in [0, 0.05) is 11.8 Å². The van der Waals surface area contributed by atoms with Crippen molar-refractivity contribution < 1.29 is 9.59 Å². The third-order valence-electron chi connectivity index (χ3n) is 4.21. The monoisotopic (exact) mass is 353 g/mol. The molecule has 1 aromatic heterocycles. The van der Waals surface area contributed by atoms with E-state index in [4.69, 9.17) is 0 Å². The molecule has 2 aromatic rings. The van der Waals surface area contributed by atoms with Gasteiger partial charge in [-0.25, -0.2) is 0 Å². The first kappa shape index (κ1) is 19.6. The highest BCUT2D eigenvalue weighted by Crippen LogP contribution is 2.12. The van der Waals surface area contributed by atoms with Crippen LogP contribution < -0.4 is 10.6 Å². The lowest BCUT2D eigenvalue weighted by atomic mass is 10.0. The summed E-state index contributed by atoms with van der Waals surface area (Å²) in [6.07, 6.45) is 2.27. The van der Waals surface area contributed by atoms with Gasteiger partial charge in [-0.2, -0.15) is 0 Å². The summed E-state index contributed by atoms with van der Waals surface area (Å²) < 4.78 is 0. The fourth-order valence-corrected chi connectivity index (χ4v) is 2.79. The molecule has 2 rings (SSSR count). The van der Waals surface area contributed by atoms with E-state index in [9.17, 15) is 9.59 Å². The number of nitrogens with one attached hydrogen (secondary N) is 2. The smallest absolute Gasteiger partial charge is 0.252 e. The van der Waals surface area contributed by atoms with E-state index in [1.165, 1.54) is 0 Å². The summed E-state index contributed by atoms with van der Waals surface area (Å²) in [6, 6.07) is 12.1.